The summed E-state index contributed by atoms with van der Waals surface area (Å²) in [7, 11) is -3.93. The van der Waals surface area contributed by atoms with Crippen molar-refractivity contribution in [1.82, 2.24) is 14.6 Å². The molecule has 0 bridgehead atoms. The minimum Gasteiger partial charge on any atom is -0.360 e. The number of piperidine rings is 1. The van der Waals surface area contributed by atoms with Crippen LogP contribution < -0.4 is 5.32 Å². The lowest BCUT2D eigenvalue weighted by Crippen LogP contribution is -2.41. The lowest BCUT2D eigenvalue weighted by atomic mass is 9.97. The fourth-order valence-electron chi connectivity index (χ4n) is 3.72. The quantitative estimate of drug-likeness (QED) is 0.579. The molecule has 1 aromatic carbocycles. The van der Waals surface area contributed by atoms with Crippen molar-refractivity contribution in [2.75, 3.05) is 18.4 Å². The van der Waals surface area contributed by atoms with Crippen molar-refractivity contribution in [2.24, 2.45) is 5.92 Å². The Morgan fingerprint density at radius 2 is 1.88 bits per heavy atom. The zero-order valence-electron chi connectivity index (χ0n) is 18.1. The second-order valence-electron chi connectivity index (χ2n) is 7.81. The summed E-state index contributed by atoms with van der Waals surface area (Å²) in [6.45, 7) is 3.59. The van der Waals surface area contributed by atoms with Gasteiger partial charge >= 0.3 is 0 Å². The van der Waals surface area contributed by atoms with Crippen molar-refractivity contribution in [2.45, 2.75) is 31.6 Å². The number of anilines is 1. The number of nitrogens with zero attached hydrogens (tertiary/aromatic N) is 3. The van der Waals surface area contributed by atoms with Crippen molar-refractivity contribution in [1.29, 1.82) is 0 Å². The van der Waals surface area contributed by atoms with Crippen LogP contribution in [0.1, 0.15) is 35.6 Å². The molecular formula is C22H23FN4O5S. The van der Waals surface area contributed by atoms with E-state index in [9.17, 15) is 17.6 Å². The molecule has 0 saturated carbocycles. The minimum atomic E-state index is -3.93. The van der Waals surface area contributed by atoms with Gasteiger partial charge in [-0.15, -0.1) is 0 Å². The number of halogens is 1. The molecule has 11 heteroatoms. The van der Waals surface area contributed by atoms with Gasteiger partial charge in [0.25, 0.3) is 0 Å². The van der Waals surface area contributed by atoms with E-state index in [1.165, 1.54) is 29.4 Å². The molecule has 1 aliphatic rings. The number of sulfonamides is 1. The summed E-state index contributed by atoms with van der Waals surface area (Å²) in [6.07, 6.45) is 3.54. The number of carbonyl (C=O) groups is 1. The van der Waals surface area contributed by atoms with Crippen LogP contribution in [0.15, 0.2) is 44.3 Å². The van der Waals surface area contributed by atoms with Gasteiger partial charge in [-0.3, -0.25) is 4.79 Å². The number of benzene rings is 1. The van der Waals surface area contributed by atoms with Crippen molar-refractivity contribution >= 4 is 33.9 Å². The predicted molar refractivity (Wildman–Crippen MR) is 118 cm³/mol. The number of aryl methyl sites for hydroxylation is 2. The number of hydrogen-bond donors (Lipinski definition) is 1. The molecule has 0 spiro atoms. The third-order valence-corrected chi connectivity index (χ3v) is 7.51. The highest BCUT2D eigenvalue weighted by atomic mass is 32.2. The number of rotatable bonds is 6. The van der Waals surface area contributed by atoms with Gasteiger partial charge in [-0.2, -0.15) is 4.31 Å². The summed E-state index contributed by atoms with van der Waals surface area (Å²) >= 11 is 0. The van der Waals surface area contributed by atoms with Gasteiger partial charge in [0, 0.05) is 30.6 Å². The van der Waals surface area contributed by atoms with Crippen LogP contribution in [0.3, 0.4) is 0 Å². The molecule has 1 fully saturated rings. The Balaban J connectivity index is 1.47. The zero-order valence-corrected chi connectivity index (χ0v) is 18.9. The van der Waals surface area contributed by atoms with Crippen molar-refractivity contribution in [3.63, 3.8) is 0 Å². The maximum absolute atomic E-state index is 13.9. The van der Waals surface area contributed by atoms with Crippen LogP contribution >= 0.6 is 0 Å². The number of nitrogens with one attached hydrogen (secondary N) is 1. The molecule has 1 amide bonds. The first-order chi connectivity index (χ1) is 15.8. The third kappa shape index (κ3) is 4.88. The van der Waals surface area contributed by atoms with Crippen LogP contribution in [0, 0.1) is 25.6 Å². The van der Waals surface area contributed by atoms with E-state index in [1.807, 2.05) is 0 Å². The molecule has 4 rings (SSSR count). The molecule has 3 aromatic rings. The molecule has 0 radical (unpaired) electrons. The van der Waals surface area contributed by atoms with E-state index in [4.69, 9.17) is 9.05 Å². The maximum Gasteiger partial charge on any atom is 0.248 e. The van der Waals surface area contributed by atoms with Crippen LogP contribution in [-0.2, 0) is 14.8 Å². The molecule has 3 heterocycles. The van der Waals surface area contributed by atoms with Gasteiger partial charge in [0.2, 0.25) is 15.9 Å². The third-order valence-electron chi connectivity index (χ3n) is 5.45. The van der Waals surface area contributed by atoms with Crippen LogP contribution in [0.2, 0.25) is 0 Å². The smallest absolute Gasteiger partial charge is 0.248 e. The Morgan fingerprint density at radius 1 is 1.15 bits per heavy atom. The molecule has 33 heavy (non-hydrogen) atoms. The molecule has 1 saturated heterocycles. The fourth-order valence-corrected chi connectivity index (χ4v) is 5.44. The largest absolute Gasteiger partial charge is 0.360 e. The number of hydrogen-bond acceptors (Lipinski definition) is 7. The first-order valence-electron chi connectivity index (χ1n) is 10.4. The van der Waals surface area contributed by atoms with Gasteiger partial charge in [-0.05, 0) is 44.9 Å². The van der Waals surface area contributed by atoms with Crippen molar-refractivity contribution in [3.05, 3.63) is 58.9 Å². The zero-order chi connectivity index (χ0) is 23.6. The minimum absolute atomic E-state index is 0.0250. The first kappa shape index (κ1) is 22.9. The summed E-state index contributed by atoms with van der Waals surface area (Å²) in [5.41, 5.74) is 0.508. The van der Waals surface area contributed by atoms with Gasteiger partial charge in [0.1, 0.15) is 17.3 Å². The molecule has 1 N–H and O–H groups in total. The van der Waals surface area contributed by atoms with Crippen LogP contribution in [-0.4, -0.2) is 42.0 Å². The Bertz CT molecular complexity index is 1290. The highest BCUT2D eigenvalue weighted by molar-refractivity contribution is 7.89. The number of amides is 1. The summed E-state index contributed by atoms with van der Waals surface area (Å²) in [5, 5.41) is 10.2. The van der Waals surface area contributed by atoms with Gasteiger partial charge in [-0.1, -0.05) is 28.5 Å². The molecule has 0 unspecified atom stereocenters. The SMILES string of the molecule is Cc1cc(NC(=O)C2CCN(S(=O)(=O)c3c(C)noc3/C=C/c3ccccc3F)CC2)no1. The molecule has 0 atom stereocenters. The molecule has 9 nitrogen and oxygen atoms in total. The molecular weight excluding hydrogens is 451 g/mol. The summed E-state index contributed by atoms with van der Waals surface area (Å²) < 4.78 is 52.0. The van der Waals surface area contributed by atoms with Crippen LogP contribution in [0.4, 0.5) is 10.2 Å². The molecule has 1 aliphatic heterocycles. The Labute approximate surface area is 190 Å². The van der Waals surface area contributed by atoms with Crippen molar-refractivity contribution < 1.29 is 26.6 Å². The standard InChI is InChI=1S/C22H23FN4O5S/c1-14-13-20(26-31-14)24-22(28)17-9-11-27(12-10-17)33(29,30)21-15(2)25-32-19(21)8-7-16-5-3-4-6-18(16)23/h3-8,13,17H,9-12H2,1-2H3,(H,24,26,28)/b8-7+. The lowest BCUT2D eigenvalue weighted by Gasteiger charge is -2.30. The maximum atomic E-state index is 13.9. The number of aromatic nitrogens is 2. The normalized spacial score (nSPS) is 15.8. The van der Waals surface area contributed by atoms with Gasteiger partial charge in [0.05, 0.1) is 0 Å². The van der Waals surface area contributed by atoms with E-state index in [0.29, 0.717) is 30.0 Å². The summed E-state index contributed by atoms with van der Waals surface area (Å²) in [4.78, 5) is 12.4. The molecule has 2 aromatic heterocycles. The number of carbonyl (C=O) groups excluding carboxylic acids is 1. The highest BCUT2D eigenvalue weighted by Crippen LogP contribution is 2.29. The molecule has 174 valence electrons. The van der Waals surface area contributed by atoms with Crippen molar-refractivity contribution in [3.8, 4) is 0 Å². The summed E-state index contributed by atoms with van der Waals surface area (Å²) in [5.74, 6) is -0.0749. The average molecular weight is 475 g/mol. The lowest BCUT2D eigenvalue weighted by molar-refractivity contribution is -0.120. The van der Waals surface area contributed by atoms with E-state index < -0.39 is 15.8 Å². The van der Waals surface area contributed by atoms with E-state index in [1.54, 1.807) is 31.2 Å². The Hall–Kier alpha value is -3.31. The summed E-state index contributed by atoms with van der Waals surface area (Å²) in [6, 6.07) is 7.74. The first-order valence-corrected chi connectivity index (χ1v) is 11.8. The molecule has 0 aliphatic carbocycles. The Kier molecular flexibility index (Phi) is 6.43. The fraction of sp³-hybridized carbons (Fsp3) is 0.318. The average Bonchev–Trinajstić information content (AvgIpc) is 3.38. The Morgan fingerprint density at radius 3 is 2.55 bits per heavy atom. The predicted octanol–water partition coefficient (Wildman–Crippen LogP) is 3.63. The van der Waals surface area contributed by atoms with Gasteiger partial charge in [0.15, 0.2) is 16.5 Å². The topological polar surface area (TPSA) is 119 Å². The van der Waals surface area contributed by atoms with E-state index in [0.717, 1.165) is 0 Å². The van der Waals surface area contributed by atoms with Crippen LogP contribution in [0.5, 0.6) is 0 Å². The second-order valence-corrected chi connectivity index (χ2v) is 9.68. The van der Waals surface area contributed by atoms with Crippen LogP contribution in [0.25, 0.3) is 12.2 Å². The van der Waals surface area contributed by atoms with E-state index in [-0.39, 0.29) is 41.3 Å². The highest BCUT2D eigenvalue weighted by Gasteiger charge is 2.36. The second kappa shape index (κ2) is 9.28. The van der Waals surface area contributed by atoms with E-state index >= 15 is 0 Å². The van der Waals surface area contributed by atoms with Gasteiger partial charge < -0.3 is 14.4 Å². The van der Waals surface area contributed by atoms with E-state index in [2.05, 4.69) is 15.6 Å². The monoisotopic (exact) mass is 474 g/mol. The van der Waals surface area contributed by atoms with Gasteiger partial charge in [-0.25, -0.2) is 12.8 Å².